The summed E-state index contributed by atoms with van der Waals surface area (Å²) in [6.07, 6.45) is 1.80. The highest BCUT2D eigenvalue weighted by molar-refractivity contribution is 9.10. The minimum atomic E-state index is -3.47. The van der Waals surface area contributed by atoms with Crippen molar-refractivity contribution in [2.24, 2.45) is 0 Å². The van der Waals surface area contributed by atoms with E-state index < -0.39 is 10.0 Å². The lowest BCUT2D eigenvalue weighted by Gasteiger charge is -2.19. The lowest BCUT2D eigenvalue weighted by molar-refractivity contribution is 0.406. The van der Waals surface area contributed by atoms with E-state index in [1.54, 1.807) is 0 Å². The quantitative estimate of drug-likeness (QED) is 0.794. The first-order valence-electron chi connectivity index (χ1n) is 5.33. The molecule has 96 valence electrons. The molecule has 1 aromatic heterocycles. The average molecular weight is 343 g/mol. The summed E-state index contributed by atoms with van der Waals surface area (Å²) in [4.78, 5) is 0.168. The standard InChI is InChI=1S/C10H13BrClNO3S/c1-7-3-2-4-13(7)17(14,15)9-5-8(6-12)16-10(9)11/h5,7H,2-4,6H2,1H3. The van der Waals surface area contributed by atoms with Gasteiger partial charge in [-0.3, -0.25) is 0 Å². The van der Waals surface area contributed by atoms with Crippen LogP contribution in [0.4, 0.5) is 0 Å². The Hall–Kier alpha value is -0.0400. The van der Waals surface area contributed by atoms with E-state index in [1.807, 2.05) is 6.92 Å². The predicted octanol–water partition coefficient (Wildman–Crippen LogP) is 2.95. The van der Waals surface area contributed by atoms with Gasteiger partial charge in [-0.05, 0) is 35.7 Å². The van der Waals surface area contributed by atoms with Crippen LogP contribution in [0.15, 0.2) is 20.0 Å². The fourth-order valence-corrected chi connectivity index (χ4v) is 4.82. The van der Waals surface area contributed by atoms with Gasteiger partial charge in [0.05, 0.1) is 5.88 Å². The molecule has 1 aliphatic heterocycles. The van der Waals surface area contributed by atoms with Crippen LogP contribution in [0.1, 0.15) is 25.5 Å². The normalized spacial score (nSPS) is 22.2. The minimum Gasteiger partial charge on any atom is -0.452 e. The molecule has 1 fully saturated rings. The second-order valence-electron chi connectivity index (χ2n) is 4.09. The van der Waals surface area contributed by atoms with Crippen LogP contribution in [-0.2, 0) is 15.9 Å². The van der Waals surface area contributed by atoms with Crippen molar-refractivity contribution in [1.29, 1.82) is 0 Å². The van der Waals surface area contributed by atoms with Crippen LogP contribution in [0, 0.1) is 0 Å². The molecule has 0 bridgehead atoms. The van der Waals surface area contributed by atoms with Gasteiger partial charge in [0.1, 0.15) is 10.7 Å². The molecule has 0 aromatic carbocycles. The summed E-state index contributed by atoms with van der Waals surface area (Å²) in [6.45, 7) is 2.48. The van der Waals surface area contributed by atoms with Crippen molar-refractivity contribution in [2.45, 2.75) is 36.6 Å². The lowest BCUT2D eigenvalue weighted by Crippen LogP contribution is -2.33. The molecular formula is C10H13BrClNO3S. The third kappa shape index (κ3) is 2.41. The van der Waals surface area contributed by atoms with Gasteiger partial charge < -0.3 is 4.42 Å². The predicted molar refractivity (Wildman–Crippen MR) is 68.6 cm³/mol. The van der Waals surface area contributed by atoms with Gasteiger partial charge in [-0.2, -0.15) is 4.31 Å². The Morgan fingerprint density at radius 1 is 1.65 bits per heavy atom. The fourth-order valence-electron chi connectivity index (χ4n) is 2.03. The van der Waals surface area contributed by atoms with E-state index in [1.165, 1.54) is 10.4 Å². The number of sulfonamides is 1. The molecule has 1 aliphatic rings. The number of nitrogens with zero attached hydrogens (tertiary/aromatic N) is 1. The van der Waals surface area contributed by atoms with Crippen LogP contribution in [0.2, 0.25) is 0 Å². The monoisotopic (exact) mass is 341 g/mol. The van der Waals surface area contributed by atoms with E-state index >= 15 is 0 Å². The molecular weight excluding hydrogens is 330 g/mol. The summed E-state index contributed by atoms with van der Waals surface area (Å²) in [5.41, 5.74) is 0. The Morgan fingerprint density at radius 2 is 2.35 bits per heavy atom. The Labute approximate surface area is 114 Å². The summed E-state index contributed by atoms with van der Waals surface area (Å²) in [5, 5.41) is 0. The fraction of sp³-hybridized carbons (Fsp3) is 0.600. The maximum atomic E-state index is 12.4. The van der Waals surface area contributed by atoms with Gasteiger partial charge in [-0.1, -0.05) is 0 Å². The molecule has 1 unspecified atom stereocenters. The Kier molecular flexibility index (Phi) is 3.87. The zero-order valence-electron chi connectivity index (χ0n) is 9.32. The maximum absolute atomic E-state index is 12.4. The van der Waals surface area contributed by atoms with Crippen LogP contribution in [0.25, 0.3) is 0 Å². The van der Waals surface area contributed by atoms with Crippen LogP contribution in [-0.4, -0.2) is 25.3 Å². The summed E-state index contributed by atoms with van der Waals surface area (Å²) >= 11 is 8.76. The zero-order valence-corrected chi connectivity index (χ0v) is 12.5. The first-order valence-corrected chi connectivity index (χ1v) is 8.09. The van der Waals surface area contributed by atoms with E-state index in [0.717, 1.165) is 12.8 Å². The molecule has 1 atom stereocenters. The molecule has 1 saturated heterocycles. The third-order valence-corrected chi connectivity index (χ3v) is 6.05. The summed E-state index contributed by atoms with van der Waals surface area (Å²) < 4.78 is 31.7. The molecule has 7 heteroatoms. The highest BCUT2D eigenvalue weighted by atomic mass is 79.9. The first kappa shape index (κ1) is 13.4. The molecule has 0 radical (unpaired) electrons. The molecule has 0 N–H and O–H groups in total. The number of alkyl halides is 1. The Balaban J connectivity index is 2.40. The van der Waals surface area contributed by atoms with Crippen LogP contribution < -0.4 is 0 Å². The Morgan fingerprint density at radius 3 is 2.82 bits per heavy atom. The smallest absolute Gasteiger partial charge is 0.247 e. The highest BCUT2D eigenvalue weighted by Gasteiger charge is 2.35. The van der Waals surface area contributed by atoms with Crippen LogP contribution in [0.5, 0.6) is 0 Å². The van der Waals surface area contributed by atoms with Gasteiger partial charge in [-0.15, -0.1) is 11.6 Å². The van der Waals surface area contributed by atoms with Gasteiger partial charge in [0.2, 0.25) is 10.0 Å². The van der Waals surface area contributed by atoms with Gasteiger partial charge in [-0.25, -0.2) is 8.42 Å². The summed E-state index contributed by atoms with van der Waals surface area (Å²) in [6, 6.07) is 1.53. The van der Waals surface area contributed by atoms with Crippen molar-refractivity contribution < 1.29 is 12.8 Å². The van der Waals surface area contributed by atoms with Gasteiger partial charge >= 0.3 is 0 Å². The average Bonchev–Trinajstić information content (AvgIpc) is 2.84. The van der Waals surface area contributed by atoms with Gasteiger partial charge in [0.25, 0.3) is 0 Å². The number of hydrogen-bond acceptors (Lipinski definition) is 3. The van der Waals surface area contributed by atoms with E-state index in [4.69, 9.17) is 16.0 Å². The molecule has 2 heterocycles. The van der Waals surface area contributed by atoms with E-state index in [9.17, 15) is 8.42 Å². The van der Waals surface area contributed by atoms with Gasteiger partial charge in [0.15, 0.2) is 4.67 Å². The van der Waals surface area contributed by atoms with Gasteiger partial charge in [0, 0.05) is 18.7 Å². The maximum Gasteiger partial charge on any atom is 0.247 e. The number of furan rings is 1. The van der Waals surface area contributed by atoms with Crippen molar-refractivity contribution in [3.8, 4) is 0 Å². The zero-order chi connectivity index (χ0) is 12.6. The first-order chi connectivity index (χ1) is 7.96. The molecule has 17 heavy (non-hydrogen) atoms. The van der Waals surface area contributed by atoms with Crippen molar-refractivity contribution in [3.05, 3.63) is 16.5 Å². The molecule has 0 saturated carbocycles. The molecule has 0 amide bonds. The van der Waals surface area contributed by atoms with Crippen molar-refractivity contribution in [3.63, 3.8) is 0 Å². The van der Waals surface area contributed by atoms with Crippen LogP contribution >= 0.6 is 27.5 Å². The molecule has 0 spiro atoms. The molecule has 2 rings (SSSR count). The largest absolute Gasteiger partial charge is 0.452 e. The van der Waals surface area contributed by atoms with Crippen molar-refractivity contribution >= 4 is 37.6 Å². The SMILES string of the molecule is CC1CCCN1S(=O)(=O)c1cc(CCl)oc1Br. The summed E-state index contributed by atoms with van der Waals surface area (Å²) in [7, 11) is -3.47. The van der Waals surface area contributed by atoms with E-state index in [0.29, 0.717) is 12.3 Å². The van der Waals surface area contributed by atoms with Crippen molar-refractivity contribution in [2.75, 3.05) is 6.54 Å². The second kappa shape index (κ2) is 4.91. The van der Waals surface area contributed by atoms with Crippen LogP contribution in [0.3, 0.4) is 0 Å². The third-order valence-electron chi connectivity index (χ3n) is 2.92. The van der Waals surface area contributed by atoms with E-state index in [-0.39, 0.29) is 21.5 Å². The lowest BCUT2D eigenvalue weighted by atomic mass is 10.3. The number of hydrogen-bond donors (Lipinski definition) is 0. The second-order valence-corrected chi connectivity index (χ2v) is 6.94. The topological polar surface area (TPSA) is 50.5 Å². The number of rotatable bonds is 3. The molecule has 1 aromatic rings. The van der Waals surface area contributed by atoms with Crippen molar-refractivity contribution in [1.82, 2.24) is 4.31 Å². The van der Waals surface area contributed by atoms with E-state index in [2.05, 4.69) is 15.9 Å². The Bertz CT molecular complexity index is 514. The minimum absolute atomic E-state index is 0.0428. The number of halogens is 2. The highest BCUT2D eigenvalue weighted by Crippen LogP contribution is 2.32. The molecule has 0 aliphatic carbocycles. The molecule has 4 nitrogen and oxygen atoms in total. The summed E-state index contributed by atoms with van der Waals surface area (Å²) in [5.74, 6) is 0.605.